The molecule has 1 aliphatic heterocycles. The molecule has 0 atom stereocenters. The number of aromatic hydroxyl groups is 1. The number of halogens is 1. The van der Waals surface area contributed by atoms with Crippen LogP contribution in [0.1, 0.15) is 79.1 Å². The highest BCUT2D eigenvalue weighted by atomic mass is 35.5. The Kier molecular flexibility index (Phi) is 11.0. The lowest BCUT2D eigenvalue weighted by atomic mass is 9.88. The lowest BCUT2D eigenvalue weighted by Crippen LogP contribution is -2.25. The zero-order valence-electron chi connectivity index (χ0n) is 31.4. The van der Waals surface area contributed by atoms with E-state index in [4.69, 9.17) is 21.1 Å². The Bertz CT molecular complexity index is 2720. The van der Waals surface area contributed by atoms with Crippen LogP contribution in [-0.4, -0.2) is 52.0 Å². The van der Waals surface area contributed by atoms with Crippen molar-refractivity contribution in [3.05, 3.63) is 152 Å². The Morgan fingerprint density at radius 2 is 1.61 bits per heavy atom. The second-order valence-corrected chi connectivity index (χ2v) is 14.4. The molecule has 0 unspecified atom stereocenters. The fourth-order valence-electron chi connectivity index (χ4n) is 7.30. The molecule has 10 nitrogen and oxygen atoms in total. The molecule has 0 fully saturated rings. The first-order valence-electron chi connectivity index (χ1n) is 18.4. The van der Waals surface area contributed by atoms with Crippen LogP contribution in [0.4, 0.5) is 0 Å². The van der Waals surface area contributed by atoms with Gasteiger partial charge >= 0.3 is 5.97 Å². The SMILES string of the molecule is C=c1ccc2c(c1)Oc1cc(O)ccc1C=2c1cc(C(=O)NCCCCCC(=O)Cc2c(C)n(C(=O)c3ccc(Cl)cc3)c3ccc(OC)cc23)ccc1C(=O)O. The highest BCUT2D eigenvalue weighted by Gasteiger charge is 2.26. The topological polar surface area (TPSA) is 144 Å². The predicted molar refractivity (Wildman–Crippen MR) is 218 cm³/mol. The minimum atomic E-state index is -1.16. The molecule has 3 N–H and O–H groups in total. The summed E-state index contributed by atoms with van der Waals surface area (Å²) in [4.78, 5) is 52.8. The highest BCUT2D eigenvalue weighted by molar-refractivity contribution is 6.30. The molecule has 1 aliphatic rings. The number of Topliss-reactive ketones (excluding diaryl/α,β-unsaturated/α-hetero) is 1. The van der Waals surface area contributed by atoms with Gasteiger partial charge in [-0.15, -0.1) is 0 Å². The number of carbonyl (C=O) groups is 4. The molecule has 11 heteroatoms. The van der Waals surface area contributed by atoms with E-state index >= 15 is 0 Å². The van der Waals surface area contributed by atoms with Crippen molar-refractivity contribution in [3.8, 4) is 23.0 Å². The molecule has 0 saturated heterocycles. The van der Waals surface area contributed by atoms with E-state index < -0.39 is 5.97 Å². The Balaban J connectivity index is 1.01. The smallest absolute Gasteiger partial charge is 0.336 e. The van der Waals surface area contributed by atoms with Gasteiger partial charge < -0.3 is 25.0 Å². The van der Waals surface area contributed by atoms with Crippen LogP contribution in [0.25, 0.3) is 23.1 Å². The number of rotatable bonds is 13. The Morgan fingerprint density at radius 3 is 2.37 bits per heavy atom. The second-order valence-electron chi connectivity index (χ2n) is 13.9. The van der Waals surface area contributed by atoms with Crippen LogP contribution < -0.4 is 25.2 Å². The monoisotopic (exact) mass is 782 g/mol. The molecular formula is C46H39ClN2O8. The number of ketones is 1. The van der Waals surface area contributed by atoms with Crippen LogP contribution in [0.5, 0.6) is 23.0 Å². The zero-order valence-corrected chi connectivity index (χ0v) is 32.1. The Hall–Kier alpha value is -6.65. The van der Waals surface area contributed by atoms with Crippen molar-refractivity contribution in [2.45, 2.75) is 39.0 Å². The van der Waals surface area contributed by atoms with Crippen molar-refractivity contribution < 1.29 is 38.9 Å². The number of nitrogens with zero attached hydrogens (tertiary/aromatic N) is 1. The summed E-state index contributed by atoms with van der Waals surface area (Å²) in [6, 6.07) is 26.6. The highest BCUT2D eigenvalue weighted by Crippen LogP contribution is 2.39. The maximum absolute atomic E-state index is 13.6. The van der Waals surface area contributed by atoms with Gasteiger partial charge in [0.25, 0.3) is 11.8 Å². The van der Waals surface area contributed by atoms with Gasteiger partial charge in [-0.1, -0.05) is 36.7 Å². The number of unbranched alkanes of at least 4 members (excludes halogenated alkanes) is 2. The van der Waals surface area contributed by atoms with Gasteiger partial charge in [-0.3, -0.25) is 19.0 Å². The maximum atomic E-state index is 13.6. The van der Waals surface area contributed by atoms with Crippen molar-refractivity contribution in [1.82, 2.24) is 9.88 Å². The molecular weight excluding hydrogens is 744 g/mol. The van der Waals surface area contributed by atoms with E-state index in [0.29, 0.717) is 98.4 Å². The number of hydrogen-bond donors (Lipinski definition) is 3. The van der Waals surface area contributed by atoms with E-state index in [9.17, 15) is 29.4 Å². The Morgan fingerprint density at radius 1 is 0.842 bits per heavy atom. The van der Waals surface area contributed by atoms with E-state index in [1.807, 2.05) is 19.1 Å². The van der Waals surface area contributed by atoms with Gasteiger partial charge in [0.05, 0.1) is 18.2 Å². The molecule has 5 aromatic carbocycles. The summed E-state index contributed by atoms with van der Waals surface area (Å²) in [5.74, 6) is -0.312. The van der Waals surface area contributed by atoms with E-state index in [1.165, 1.54) is 24.3 Å². The standard InChI is InChI=1S/C46H39ClN2O8/c1-26-8-16-35-41(21-26)57-42-24-32(51)14-18-36(42)43(35)39-22-29(11-17-34(39)46(54)55)44(52)48-20-6-4-5-7-31(50)23-37-27(2)49(40-19-15-33(56-3)25-38(37)40)45(53)28-9-12-30(47)13-10-28/h8-19,21-22,24-25,51H,1,4-7,20,23H2,2-3H3,(H,48,52)(H,54,55). The van der Waals surface area contributed by atoms with Crippen molar-refractivity contribution >= 4 is 58.2 Å². The number of aromatic nitrogens is 1. The quantitative estimate of drug-likeness (QED) is 0.102. The van der Waals surface area contributed by atoms with Gasteiger partial charge in [-0.25, -0.2) is 4.79 Å². The number of methoxy groups -OCH3 is 1. The average molecular weight is 783 g/mol. The van der Waals surface area contributed by atoms with E-state index in [1.54, 1.807) is 72.3 Å². The molecule has 288 valence electrons. The van der Waals surface area contributed by atoms with Crippen LogP contribution in [-0.2, 0) is 11.2 Å². The van der Waals surface area contributed by atoms with Crippen molar-refractivity contribution in [2.24, 2.45) is 0 Å². The number of hydrogen-bond acceptors (Lipinski definition) is 7. The molecule has 0 aliphatic carbocycles. The molecule has 57 heavy (non-hydrogen) atoms. The molecule has 0 radical (unpaired) electrons. The number of carboxylic acids is 1. The lowest BCUT2D eigenvalue weighted by molar-refractivity contribution is -0.118. The third-order valence-corrected chi connectivity index (χ3v) is 10.4. The predicted octanol–water partition coefficient (Wildman–Crippen LogP) is 7.57. The summed E-state index contributed by atoms with van der Waals surface area (Å²) in [5.41, 5.74) is 4.34. The van der Waals surface area contributed by atoms with Crippen molar-refractivity contribution in [2.75, 3.05) is 13.7 Å². The van der Waals surface area contributed by atoms with Crippen molar-refractivity contribution in [3.63, 3.8) is 0 Å². The molecule has 6 aromatic rings. The first-order valence-corrected chi connectivity index (χ1v) is 18.8. The number of benzene rings is 5. The van der Waals surface area contributed by atoms with Crippen LogP contribution in [0.15, 0.2) is 97.1 Å². The largest absolute Gasteiger partial charge is 0.508 e. The van der Waals surface area contributed by atoms with Gasteiger partial charge in [0.1, 0.15) is 28.8 Å². The number of phenolic OH excluding ortho intramolecular Hbond substituents is 1. The molecule has 0 saturated carbocycles. The van der Waals surface area contributed by atoms with Crippen LogP contribution >= 0.6 is 11.6 Å². The maximum Gasteiger partial charge on any atom is 0.336 e. The van der Waals surface area contributed by atoms with Gasteiger partial charge in [0, 0.05) is 69.0 Å². The summed E-state index contributed by atoms with van der Waals surface area (Å²) in [6.07, 6.45) is 2.40. The molecule has 1 aromatic heterocycles. The van der Waals surface area contributed by atoms with Gasteiger partial charge in [0.15, 0.2) is 0 Å². The van der Waals surface area contributed by atoms with E-state index in [-0.39, 0.29) is 40.9 Å². The number of fused-ring (bicyclic) bond motifs is 3. The van der Waals surface area contributed by atoms with Gasteiger partial charge in [0.2, 0.25) is 0 Å². The van der Waals surface area contributed by atoms with Crippen molar-refractivity contribution in [1.29, 1.82) is 0 Å². The summed E-state index contributed by atoms with van der Waals surface area (Å²) in [5, 5.41) is 25.9. The number of ether oxygens (including phenoxy) is 2. The number of aromatic carboxylic acids is 1. The lowest BCUT2D eigenvalue weighted by Gasteiger charge is -2.22. The minimum absolute atomic E-state index is 0.00356. The fraction of sp³-hybridized carbons (Fsp3) is 0.174. The van der Waals surface area contributed by atoms with Crippen LogP contribution in [0.2, 0.25) is 5.02 Å². The summed E-state index contributed by atoms with van der Waals surface area (Å²) in [7, 11) is 1.57. The minimum Gasteiger partial charge on any atom is -0.508 e. The first-order chi connectivity index (χ1) is 27.4. The number of nitrogens with one attached hydrogen (secondary N) is 1. The number of amides is 1. The van der Waals surface area contributed by atoms with Crippen LogP contribution in [0.3, 0.4) is 0 Å². The summed E-state index contributed by atoms with van der Waals surface area (Å²) >= 11 is 6.05. The molecule has 2 heterocycles. The van der Waals surface area contributed by atoms with Crippen LogP contribution in [0, 0.1) is 6.92 Å². The Labute approximate surface area is 333 Å². The van der Waals surface area contributed by atoms with E-state index in [0.717, 1.165) is 10.9 Å². The van der Waals surface area contributed by atoms with Gasteiger partial charge in [-0.2, -0.15) is 0 Å². The number of phenols is 1. The molecule has 7 rings (SSSR count). The first kappa shape index (κ1) is 38.6. The van der Waals surface area contributed by atoms with Gasteiger partial charge in [-0.05, 0) is 115 Å². The summed E-state index contributed by atoms with van der Waals surface area (Å²) < 4.78 is 13.2. The molecule has 1 amide bonds. The third kappa shape index (κ3) is 7.90. The normalized spacial score (nSPS) is 11.7. The number of carboxylic acid groups (broad SMARTS) is 1. The number of carbonyl (C=O) groups excluding carboxylic acids is 3. The molecule has 0 bridgehead atoms. The second kappa shape index (κ2) is 16.2. The zero-order chi connectivity index (χ0) is 40.4. The fourth-order valence-corrected chi connectivity index (χ4v) is 7.43. The van der Waals surface area contributed by atoms with E-state index in [2.05, 4.69) is 11.9 Å². The third-order valence-electron chi connectivity index (χ3n) is 10.2. The molecule has 0 spiro atoms. The summed E-state index contributed by atoms with van der Waals surface area (Å²) in [6.45, 7) is 6.16. The average Bonchev–Trinajstić information content (AvgIpc) is 3.46.